The zero-order chi connectivity index (χ0) is 13.2. The molecule has 1 amide bonds. The Morgan fingerprint density at radius 3 is 2.83 bits per heavy atom. The van der Waals surface area contributed by atoms with E-state index in [2.05, 4.69) is 15.6 Å². The molecule has 1 aromatic rings. The lowest BCUT2D eigenvalue weighted by atomic mass is 9.82. The Balaban J connectivity index is 2.11. The summed E-state index contributed by atoms with van der Waals surface area (Å²) < 4.78 is 0. The molecule has 1 aromatic heterocycles. The van der Waals surface area contributed by atoms with Crippen LogP contribution in [0.15, 0.2) is 12.1 Å². The van der Waals surface area contributed by atoms with E-state index in [-0.39, 0.29) is 11.3 Å². The van der Waals surface area contributed by atoms with Crippen LogP contribution in [0.5, 0.6) is 0 Å². The minimum atomic E-state index is -0.310. The summed E-state index contributed by atoms with van der Waals surface area (Å²) in [5, 5.41) is 6.30. The van der Waals surface area contributed by atoms with Gasteiger partial charge in [0.25, 0.3) is 0 Å². The van der Waals surface area contributed by atoms with Gasteiger partial charge in [-0.15, -0.1) is 0 Å². The van der Waals surface area contributed by atoms with Gasteiger partial charge in [-0.3, -0.25) is 9.78 Å². The summed E-state index contributed by atoms with van der Waals surface area (Å²) in [5.74, 6) is 0.0865. The molecule has 1 atom stereocenters. The van der Waals surface area contributed by atoms with Gasteiger partial charge >= 0.3 is 0 Å². The molecule has 0 spiro atoms. The van der Waals surface area contributed by atoms with Gasteiger partial charge in [0, 0.05) is 12.2 Å². The SMILES string of the molecule is Cc1ccc(NC(=O)C2(C)CCCNC2)c(C)n1. The fraction of sp³-hybridized carbons (Fsp3) is 0.571. The van der Waals surface area contributed by atoms with Crippen molar-refractivity contribution in [3.05, 3.63) is 23.5 Å². The number of hydrogen-bond donors (Lipinski definition) is 2. The number of piperidine rings is 1. The Morgan fingerprint density at radius 1 is 1.44 bits per heavy atom. The predicted molar refractivity (Wildman–Crippen MR) is 72.6 cm³/mol. The number of amides is 1. The lowest BCUT2D eigenvalue weighted by molar-refractivity contribution is -0.125. The summed E-state index contributed by atoms with van der Waals surface area (Å²) in [4.78, 5) is 16.7. The van der Waals surface area contributed by atoms with Crippen molar-refractivity contribution >= 4 is 11.6 Å². The second kappa shape index (κ2) is 5.06. The van der Waals surface area contributed by atoms with Gasteiger partial charge in [-0.1, -0.05) is 0 Å². The third-order valence-corrected chi connectivity index (χ3v) is 3.62. The summed E-state index contributed by atoms with van der Waals surface area (Å²) in [7, 11) is 0. The van der Waals surface area contributed by atoms with Crippen LogP contribution in [-0.2, 0) is 4.79 Å². The van der Waals surface area contributed by atoms with E-state index in [0.717, 1.165) is 43.0 Å². The average molecular weight is 247 g/mol. The molecule has 0 bridgehead atoms. The Morgan fingerprint density at radius 2 is 2.22 bits per heavy atom. The fourth-order valence-electron chi connectivity index (χ4n) is 2.34. The number of aryl methyl sites for hydroxylation is 2. The Labute approximate surface area is 108 Å². The van der Waals surface area contributed by atoms with Gasteiger partial charge < -0.3 is 10.6 Å². The van der Waals surface area contributed by atoms with Crippen molar-refractivity contribution in [2.75, 3.05) is 18.4 Å². The Bertz CT molecular complexity index is 450. The van der Waals surface area contributed by atoms with Crippen LogP contribution in [0, 0.1) is 19.3 Å². The van der Waals surface area contributed by atoms with Crippen LogP contribution in [0.25, 0.3) is 0 Å². The van der Waals surface area contributed by atoms with Crippen LogP contribution >= 0.6 is 0 Å². The van der Waals surface area contributed by atoms with Gasteiger partial charge in [0.15, 0.2) is 0 Å². The van der Waals surface area contributed by atoms with Crippen molar-refractivity contribution in [1.29, 1.82) is 0 Å². The molecule has 4 heteroatoms. The molecule has 2 N–H and O–H groups in total. The van der Waals surface area contributed by atoms with Gasteiger partial charge in [0.2, 0.25) is 5.91 Å². The molecular formula is C14H21N3O. The first-order valence-electron chi connectivity index (χ1n) is 6.48. The smallest absolute Gasteiger partial charge is 0.231 e. The molecule has 98 valence electrons. The van der Waals surface area contributed by atoms with Crippen LogP contribution in [-0.4, -0.2) is 24.0 Å². The molecule has 1 fully saturated rings. The summed E-state index contributed by atoms with van der Waals surface area (Å²) >= 11 is 0. The molecule has 18 heavy (non-hydrogen) atoms. The van der Waals surface area contributed by atoms with E-state index in [9.17, 15) is 4.79 Å². The quantitative estimate of drug-likeness (QED) is 0.840. The van der Waals surface area contributed by atoms with Gasteiger partial charge in [-0.05, 0) is 52.3 Å². The first-order chi connectivity index (χ1) is 8.51. The fourth-order valence-corrected chi connectivity index (χ4v) is 2.34. The average Bonchev–Trinajstić information content (AvgIpc) is 2.33. The summed E-state index contributed by atoms with van der Waals surface area (Å²) in [6, 6.07) is 3.85. The number of aromatic nitrogens is 1. The summed E-state index contributed by atoms with van der Waals surface area (Å²) in [5.41, 5.74) is 2.35. The molecule has 1 aliphatic rings. The molecule has 0 radical (unpaired) electrons. The van der Waals surface area contributed by atoms with Crippen molar-refractivity contribution in [2.24, 2.45) is 5.41 Å². The molecule has 0 aliphatic carbocycles. The molecule has 2 rings (SSSR count). The standard InChI is InChI=1S/C14H21N3O/c1-10-5-6-12(11(2)16-10)17-13(18)14(3)7-4-8-15-9-14/h5-6,15H,4,7-9H2,1-3H3,(H,17,18). The molecule has 4 nitrogen and oxygen atoms in total. The molecular weight excluding hydrogens is 226 g/mol. The number of carbonyl (C=O) groups is 1. The van der Waals surface area contributed by atoms with Crippen LogP contribution in [0.3, 0.4) is 0 Å². The molecule has 1 unspecified atom stereocenters. The maximum atomic E-state index is 12.3. The lowest BCUT2D eigenvalue weighted by Gasteiger charge is -2.32. The maximum Gasteiger partial charge on any atom is 0.231 e. The third-order valence-electron chi connectivity index (χ3n) is 3.62. The number of hydrogen-bond acceptors (Lipinski definition) is 3. The van der Waals surface area contributed by atoms with Crippen molar-refractivity contribution in [1.82, 2.24) is 10.3 Å². The lowest BCUT2D eigenvalue weighted by Crippen LogP contribution is -2.46. The van der Waals surface area contributed by atoms with E-state index >= 15 is 0 Å². The first kappa shape index (κ1) is 13.0. The molecule has 0 saturated carbocycles. The van der Waals surface area contributed by atoms with Crippen LogP contribution in [0.1, 0.15) is 31.2 Å². The predicted octanol–water partition coefficient (Wildman–Crippen LogP) is 2.03. The van der Waals surface area contributed by atoms with Gasteiger partial charge in [-0.2, -0.15) is 0 Å². The van der Waals surface area contributed by atoms with E-state index in [1.165, 1.54) is 0 Å². The monoisotopic (exact) mass is 247 g/mol. The van der Waals surface area contributed by atoms with Gasteiger partial charge in [0.05, 0.1) is 16.8 Å². The van der Waals surface area contributed by atoms with E-state index in [4.69, 9.17) is 0 Å². The minimum Gasteiger partial charge on any atom is -0.324 e. The second-order valence-electron chi connectivity index (χ2n) is 5.38. The Kier molecular flexibility index (Phi) is 3.66. The van der Waals surface area contributed by atoms with Crippen molar-refractivity contribution < 1.29 is 4.79 Å². The summed E-state index contributed by atoms with van der Waals surface area (Å²) in [6.45, 7) is 7.64. The molecule has 1 aliphatic heterocycles. The van der Waals surface area contributed by atoms with Crippen molar-refractivity contribution in [3.63, 3.8) is 0 Å². The van der Waals surface area contributed by atoms with Crippen LogP contribution < -0.4 is 10.6 Å². The molecule has 2 heterocycles. The zero-order valence-electron chi connectivity index (χ0n) is 11.3. The molecule has 1 saturated heterocycles. The van der Waals surface area contributed by atoms with E-state index in [1.54, 1.807) is 0 Å². The van der Waals surface area contributed by atoms with Gasteiger partial charge in [-0.25, -0.2) is 0 Å². The number of nitrogens with one attached hydrogen (secondary N) is 2. The number of pyridine rings is 1. The van der Waals surface area contributed by atoms with Crippen LogP contribution in [0.2, 0.25) is 0 Å². The highest BCUT2D eigenvalue weighted by Crippen LogP contribution is 2.27. The topological polar surface area (TPSA) is 54.0 Å². The highest BCUT2D eigenvalue weighted by molar-refractivity contribution is 5.95. The van der Waals surface area contributed by atoms with E-state index < -0.39 is 0 Å². The maximum absolute atomic E-state index is 12.3. The summed E-state index contributed by atoms with van der Waals surface area (Å²) in [6.07, 6.45) is 1.99. The zero-order valence-corrected chi connectivity index (χ0v) is 11.3. The van der Waals surface area contributed by atoms with Gasteiger partial charge in [0.1, 0.15) is 0 Å². The highest BCUT2D eigenvalue weighted by atomic mass is 16.2. The van der Waals surface area contributed by atoms with E-state index in [1.807, 2.05) is 32.9 Å². The van der Waals surface area contributed by atoms with Crippen LogP contribution in [0.4, 0.5) is 5.69 Å². The number of rotatable bonds is 2. The molecule has 0 aromatic carbocycles. The Hall–Kier alpha value is -1.42. The second-order valence-corrected chi connectivity index (χ2v) is 5.38. The largest absolute Gasteiger partial charge is 0.324 e. The highest BCUT2D eigenvalue weighted by Gasteiger charge is 2.34. The van der Waals surface area contributed by atoms with E-state index in [0.29, 0.717) is 0 Å². The van der Waals surface area contributed by atoms with Crippen molar-refractivity contribution in [2.45, 2.75) is 33.6 Å². The number of nitrogens with zero attached hydrogens (tertiary/aromatic N) is 1. The normalized spacial score (nSPS) is 23.7. The number of anilines is 1. The van der Waals surface area contributed by atoms with Crippen molar-refractivity contribution in [3.8, 4) is 0 Å². The number of carbonyl (C=O) groups excluding carboxylic acids is 1. The minimum absolute atomic E-state index is 0.0865. The third kappa shape index (κ3) is 2.70. The first-order valence-corrected chi connectivity index (χ1v) is 6.48.